The molecule has 0 bridgehead atoms. The molecule has 9 heteroatoms. The molecule has 0 aliphatic carbocycles. The van der Waals surface area contributed by atoms with E-state index in [1.807, 2.05) is 31.2 Å². The zero-order chi connectivity index (χ0) is 22.3. The van der Waals surface area contributed by atoms with Gasteiger partial charge in [-0.15, -0.1) is 5.10 Å². The average molecular weight is 447 g/mol. The molecule has 2 aromatic heterocycles. The lowest BCUT2D eigenvalue weighted by Crippen LogP contribution is -2.10. The first kappa shape index (κ1) is 20.1. The lowest BCUT2D eigenvalue weighted by Gasteiger charge is -2.17. The molecule has 1 atom stereocenters. The molecular formula is C23H18FN5O2S. The Morgan fingerprint density at radius 2 is 1.62 bits per heavy atom. The maximum absolute atomic E-state index is 13.3. The number of anilines is 1. The fourth-order valence-electron chi connectivity index (χ4n) is 3.58. The number of nitrogens with zero attached hydrogens (tertiary/aromatic N) is 4. The standard InChI is InChI=1S/C23H18FN5O2S/c1-15(16-11-13-17(24)14-12-16)25-21-19-9-5-6-10-20(19)29-22(26-21)23(27-28-29)32(30,31)18-7-3-2-4-8-18/h2-15H,1H3,(H,25,26)/t15-/m0/s1. The van der Waals surface area contributed by atoms with Crippen LogP contribution in [0, 0.1) is 5.82 Å². The van der Waals surface area contributed by atoms with Gasteiger partial charge in [0, 0.05) is 11.4 Å². The molecule has 0 radical (unpaired) electrons. The van der Waals surface area contributed by atoms with Crippen LogP contribution in [0.2, 0.25) is 0 Å². The summed E-state index contributed by atoms with van der Waals surface area (Å²) in [5, 5.41) is 11.9. The lowest BCUT2D eigenvalue weighted by atomic mass is 10.1. The quantitative estimate of drug-likeness (QED) is 0.429. The van der Waals surface area contributed by atoms with Crippen molar-refractivity contribution in [2.75, 3.05) is 5.32 Å². The Bertz CT molecular complexity index is 1530. The number of para-hydroxylation sites is 1. The van der Waals surface area contributed by atoms with Crippen LogP contribution in [0.1, 0.15) is 18.5 Å². The second kappa shape index (κ2) is 7.69. The van der Waals surface area contributed by atoms with Crippen molar-refractivity contribution in [2.24, 2.45) is 0 Å². The molecule has 0 unspecified atom stereocenters. The summed E-state index contributed by atoms with van der Waals surface area (Å²) < 4.78 is 41.2. The van der Waals surface area contributed by atoms with Gasteiger partial charge in [0.1, 0.15) is 11.6 Å². The van der Waals surface area contributed by atoms with Crippen molar-refractivity contribution in [2.45, 2.75) is 22.9 Å². The first-order valence-electron chi connectivity index (χ1n) is 9.91. The Kier molecular flexibility index (Phi) is 4.82. The molecule has 1 N–H and O–H groups in total. The van der Waals surface area contributed by atoms with E-state index in [9.17, 15) is 12.8 Å². The topological polar surface area (TPSA) is 89.2 Å². The minimum Gasteiger partial charge on any atom is -0.363 e. The zero-order valence-electron chi connectivity index (χ0n) is 17.0. The van der Waals surface area contributed by atoms with E-state index in [0.29, 0.717) is 11.3 Å². The Balaban J connectivity index is 1.68. The number of halogens is 1. The van der Waals surface area contributed by atoms with Crippen molar-refractivity contribution in [3.63, 3.8) is 0 Å². The number of benzene rings is 3. The van der Waals surface area contributed by atoms with Gasteiger partial charge in [-0.1, -0.05) is 47.7 Å². The van der Waals surface area contributed by atoms with Crippen LogP contribution in [0.4, 0.5) is 10.2 Å². The molecule has 0 spiro atoms. The molecule has 0 saturated carbocycles. The maximum Gasteiger partial charge on any atom is 0.229 e. The van der Waals surface area contributed by atoms with E-state index >= 15 is 0 Å². The third-order valence-corrected chi connectivity index (χ3v) is 6.92. The molecule has 0 saturated heterocycles. The number of nitrogens with one attached hydrogen (secondary N) is 1. The van der Waals surface area contributed by atoms with Crippen LogP contribution in [-0.2, 0) is 9.84 Å². The van der Waals surface area contributed by atoms with Crippen LogP contribution in [0.25, 0.3) is 16.6 Å². The van der Waals surface area contributed by atoms with Gasteiger partial charge in [0.05, 0.1) is 10.4 Å². The summed E-state index contributed by atoms with van der Waals surface area (Å²) in [5.74, 6) is 0.170. The van der Waals surface area contributed by atoms with E-state index < -0.39 is 9.84 Å². The third-order valence-electron chi connectivity index (χ3n) is 5.25. The van der Waals surface area contributed by atoms with Gasteiger partial charge in [-0.05, 0) is 48.9 Å². The number of aromatic nitrogens is 4. The van der Waals surface area contributed by atoms with Gasteiger partial charge in [0.2, 0.25) is 14.9 Å². The molecular weight excluding hydrogens is 429 g/mol. The Morgan fingerprint density at radius 3 is 2.38 bits per heavy atom. The van der Waals surface area contributed by atoms with E-state index in [1.165, 1.54) is 28.8 Å². The van der Waals surface area contributed by atoms with E-state index in [1.54, 1.807) is 30.3 Å². The van der Waals surface area contributed by atoms with Crippen molar-refractivity contribution in [1.82, 2.24) is 19.8 Å². The van der Waals surface area contributed by atoms with Gasteiger partial charge < -0.3 is 5.32 Å². The molecule has 7 nitrogen and oxygen atoms in total. The second-order valence-corrected chi connectivity index (χ2v) is 9.21. The van der Waals surface area contributed by atoms with Crippen LogP contribution in [0.3, 0.4) is 0 Å². The van der Waals surface area contributed by atoms with Crippen LogP contribution in [0.5, 0.6) is 0 Å². The van der Waals surface area contributed by atoms with E-state index in [4.69, 9.17) is 0 Å². The third kappa shape index (κ3) is 3.36. The predicted molar refractivity (Wildman–Crippen MR) is 119 cm³/mol. The first-order valence-corrected chi connectivity index (χ1v) is 11.4. The van der Waals surface area contributed by atoms with Crippen molar-refractivity contribution < 1.29 is 12.8 Å². The number of hydrogen-bond donors (Lipinski definition) is 1. The molecule has 32 heavy (non-hydrogen) atoms. The summed E-state index contributed by atoms with van der Waals surface area (Å²) in [4.78, 5) is 4.73. The summed E-state index contributed by atoms with van der Waals surface area (Å²) in [6.45, 7) is 1.92. The van der Waals surface area contributed by atoms with Gasteiger partial charge in [0.15, 0.2) is 5.65 Å². The number of hydrogen-bond acceptors (Lipinski definition) is 6. The Labute approximate surface area is 183 Å². The highest BCUT2D eigenvalue weighted by molar-refractivity contribution is 7.91. The minimum absolute atomic E-state index is 0.117. The van der Waals surface area contributed by atoms with Crippen molar-refractivity contribution >= 4 is 32.2 Å². The van der Waals surface area contributed by atoms with Gasteiger partial charge in [-0.25, -0.2) is 17.8 Å². The van der Waals surface area contributed by atoms with Crippen LogP contribution in [-0.4, -0.2) is 28.2 Å². The van der Waals surface area contributed by atoms with Gasteiger partial charge in [-0.2, -0.15) is 4.52 Å². The zero-order valence-corrected chi connectivity index (χ0v) is 17.8. The molecule has 3 aromatic carbocycles. The molecule has 0 amide bonds. The molecule has 5 rings (SSSR count). The second-order valence-electron chi connectivity index (χ2n) is 7.34. The van der Waals surface area contributed by atoms with Crippen molar-refractivity contribution in [3.8, 4) is 0 Å². The summed E-state index contributed by atoms with van der Waals surface area (Å²) in [6, 6.07) is 21.4. The molecule has 5 aromatic rings. The Morgan fingerprint density at radius 1 is 0.938 bits per heavy atom. The predicted octanol–water partition coefficient (Wildman–Crippen LogP) is 4.42. The highest BCUT2D eigenvalue weighted by Gasteiger charge is 2.27. The normalized spacial score (nSPS) is 12.8. The molecule has 0 fully saturated rings. The van der Waals surface area contributed by atoms with E-state index in [0.717, 1.165) is 10.9 Å². The van der Waals surface area contributed by atoms with Crippen LogP contribution < -0.4 is 5.32 Å². The number of fused-ring (bicyclic) bond motifs is 3. The van der Waals surface area contributed by atoms with E-state index in [-0.39, 0.29) is 27.4 Å². The van der Waals surface area contributed by atoms with Gasteiger partial charge in [0.25, 0.3) is 0 Å². The first-order chi connectivity index (χ1) is 15.4. The smallest absolute Gasteiger partial charge is 0.229 e. The monoisotopic (exact) mass is 447 g/mol. The maximum atomic E-state index is 13.3. The molecule has 2 heterocycles. The SMILES string of the molecule is C[C@H](Nc1nc2c(S(=O)(=O)c3ccccc3)nnn2c2ccccc12)c1ccc(F)cc1. The van der Waals surface area contributed by atoms with Gasteiger partial charge in [-0.3, -0.25) is 0 Å². The summed E-state index contributed by atoms with van der Waals surface area (Å²) >= 11 is 0. The summed E-state index contributed by atoms with van der Waals surface area (Å²) in [7, 11) is -3.92. The summed E-state index contributed by atoms with van der Waals surface area (Å²) in [5.41, 5.74) is 1.65. The minimum atomic E-state index is -3.92. The van der Waals surface area contributed by atoms with Crippen molar-refractivity contribution in [1.29, 1.82) is 0 Å². The molecule has 0 aliphatic rings. The lowest BCUT2D eigenvalue weighted by molar-refractivity contribution is 0.592. The van der Waals surface area contributed by atoms with Crippen molar-refractivity contribution in [3.05, 3.63) is 90.2 Å². The molecule has 160 valence electrons. The van der Waals surface area contributed by atoms with Gasteiger partial charge >= 0.3 is 0 Å². The highest BCUT2D eigenvalue weighted by Crippen LogP contribution is 2.29. The van der Waals surface area contributed by atoms with Crippen LogP contribution >= 0.6 is 0 Å². The van der Waals surface area contributed by atoms with Crippen LogP contribution in [0.15, 0.2) is 88.8 Å². The molecule has 0 aliphatic heterocycles. The largest absolute Gasteiger partial charge is 0.363 e. The summed E-state index contributed by atoms with van der Waals surface area (Å²) in [6.07, 6.45) is 0. The fraction of sp³-hybridized carbons (Fsp3) is 0.0870. The van der Waals surface area contributed by atoms with E-state index in [2.05, 4.69) is 20.6 Å². The highest BCUT2D eigenvalue weighted by atomic mass is 32.2. The Hall–Kier alpha value is -3.85. The number of rotatable bonds is 5. The average Bonchev–Trinajstić information content (AvgIpc) is 3.25. The number of sulfone groups is 1. The fourth-order valence-corrected chi connectivity index (χ4v) is 4.84.